The van der Waals surface area contributed by atoms with Gasteiger partial charge in [0, 0.05) is 25.9 Å². The maximum atomic E-state index is 5.36. The molecule has 1 radical (unpaired) electrons. The quantitative estimate of drug-likeness (QED) is 0.391. The van der Waals surface area contributed by atoms with Crippen LogP contribution < -0.4 is 34.6 Å². The third-order valence-corrected chi connectivity index (χ3v) is 5.51. The average molecular weight is 572 g/mol. The second kappa shape index (κ2) is 13.8. The first-order valence-corrected chi connectivity index (χ1v) is 10.6. The Morgan fingerprint density at radius 2 is 1.03 bits per heavy atom. The molecule has 1 saturated heterocycles. The molecule has 1 heterocycles. The van der Waals surface area contributed by atoms with Crippen LogP contribution in [0.1, 0.15) is 34.8 Å². The normalized spacial score (nSPS) is 13.8. The smallest absolute Gasteiger partial charge is 1.00 e. The van der Waals surface area contributed by atoms with Crippen LogP contribution in [0.3, 0.4) is 0 Å². The number of allylic oxidation sites excluding steroid dienone is 5. The molecule has 5 heteroatoms. The van der Waals surface area contributed by atoms with E-state index in [1.54, 1.807) is 0 Å². The van der Waals surface area contributed by atoms with Gasteiger partial charge < -0.3 is 34.6 Å². The van der Waals surface area contributed by atoms with Crippen molar-refractivity contribution in [3.63, 3.8) is 0 Å². The van der Waals surface area contributed by atoms with Gasteiger partial charge in [0.2, 0.25) is 0 Å². The molecule has 179 valence electrons. The predicted molar refractivity (Wildman–Crippen MR) is 133 cm³/mol. The molecule has 0 amide bonds. The minimum absolute atomic E-state index is 0. The summed E-state index contributed by atoms with van der Waals surface area (Å²) >= 11 is 0. The standard InChI is InChI=1S/C21H27N2.C7H6.2ClH.Ru.H2/c1-14-9-16(3)20(17(4)10-14)22-7-8-23(13-22)21-18(5)11-15(2)12-19(21)6;1-7-5-3-2-4-6-7;;;;/h9-13H,7-8H2,1-6H3;1-6H;2*1H;;1H/q;;;;+2;/p-2. The molecule has 2 aliphatic rings. The van der Waals surface area contributed by atoms with Crippen molar-refractivity contribution in [2.75, 3.05) is 22.9 Å². The van der Waals surface area contributed by atoms with Crippen LogP contribution >= 0.6 is 0 Å². The molecule has 0 atom stereocenters. The minimum atomic E-state index is 0. The number of nitrogens with zero attached hydrogens (tertiary/aromatic N) is 2. The molecule has 33 heavy (non-hydrogen) atoms. The van der Waals surface area contributed by atoms with Crippen LogP contribution in [0.25, 0.3) is 0 Å². The molecular weight excluding hydrogens is 536 g/mol. The van der Waals surface area contributed by atoms with Crippen molar-refractivity contribution < 1.29 is 45.7 Å². The van der Waals surface area contributed by atoms with Crippen molar-refractivity contribution in [3.8, 4) is 0 Å². The summed E-state index contributed by atoms with van der Waals surface area (Å²) in [4.78, 5) is 4.81. The molecular formula is C28H35Cl2N2Ru. The number of benzene rings is 2. The summed E-state index contributed by atoms with van der Waals surface area (Å²) in [6.45, 7) is 22.9. The average Bonchev–Trinajstić information content (AvgIpc) is 3.10. The second-order valence-corrected chi connectivity index (χ2v) is 8.41. The number of rotatable bonds is 2. The Kier molecular flexibility index (Phi) is 13.1. The first-order chi connectivity index (χ1) is 14.3. The zero-order chi connectivity index (χ0) is 21.8. The van der Waals surface area contributed by atoms with Gasteiger partial charge in [-0.15, -0.1) is 12.2 Å². The molecule has 0 unspecified atom stereocenters. The number of halogens is 2. The van der Waals surface area contributed by atoms with Gasteiger partial charge in [0.05, 0.1) is 0 Å². The van der Waals surface area contributed by atoms with Gasteiger partial charge >= 0.3 is 19.5 Å². The predicted octanol–water partition coefficient (Wildman–Crippen LogP) is 0.911. The topological polar surface area (TPSA) is 6.48 Å². The molecule has 2 aromatic carbocycles. The first-order valence-electron chi connectivity index (χ1n) is 10.6. The summed E-state index contributed by atoms with van der Waals surface area (Å²) in [5, 5.41) is 0. The molecule has 1 fully saturated rings. The van der Waals surface area contributed by atoms with E-state index in [0.29, 0.717) is 0 Å². The number of anilines is 2. The SMILES string of the molecule is Cc1cc(C)c(N2[CH]N(c3c(C)cc(C)cc3C)CC2)c(C)c1.[CH+]=C1C=C[CH-]C=C1.[Cl-].[Cl-].[HH].[Ru+2]. The maximum absolute atomic E-state index is 5.36. The molecule has 2 nitrogen and oxygen atoms in total. The van der Waals surface area contributed by atoms with Crippen LogP contribution in [0.15, 0.2) is 54.1 Å². The second-order valence-electron chi connectivity index (χ2n) is 8.41. The van der Waals surface area contributed by atoms with Gasteiger partial charge in [-0.1, -0.05) is 42.0 Å². The van der Waals surface area contributed by atoms with Crippen LogP contribution in [-0.2, 0) is 19.5 Å². The van der Waals surface area contributed by atoms with E-state index in [4.69, 9.17) is 6.58 Å². The zero-order valence-electron chi connectivity index (χ0n) is 20.3. The molecule has 0 aromatic heterocycles. The van der Waals surface area contributed by atoms with Crippen molar-refractivity contribution in [3.05, 3.63) is 107 Å². The monoisotopic (exact) mass is 571 g/mol. The first kappa shape index (κ1) is 31.2. The third kappa shape index (κ3) is 7.91. The van der Waals surface area contributed by atoms with Gasteiger partial charge in [-0.2, -0.15) is 18.6 Å². The minimum Gasteiger partial charge on any atom is -1.00 e. The van der Waals surface area contributed by atoms with E-state index in [-0.39, 0.29) is 45.7 Å². The number of hydrogen-bond acceptors (Lipinski definition) is 2. The van der Waals surface area contributed by atoms with Crippen molar-refractivity contribution >= 4 is 11.4 Å². The Morgan fingerprint density at radius 1 is 0.697 bits per heavy atom. The van der Waals surface area contributed by atoms with Crippen LogP contribution in [0, 0.1) is 61.2 Å². The maximum Gasteiger partial charge on any atom is 2.00 e. The van der Waals surface area contributed by atoms with E-state index >= 15 is 0 Å². The Bertz CT molecular complexity index is 894. The summed E-state index contributed by atoms with van der Waals surface area (Å²) < 4.78 is 0. The van der Waals surface area contributed by atoms with Crippen LogP contribution in [0.2, 0.25) is 0 Å². The van der Waals surface area contributed by atoms with Gasteiger partial charge in [-0.3, -0.25) is 0 Å². The summed E-state index contributed by atoms with van der Waals surface area (Å²) in [5.74, 6) is 0. The summed E-state index contributed by atoms with van der Waals surface area (Å²) in [6, 6.07) is 9.12. The Morgan fingerprint density at radius 3 is 1.30 bits per heavy atom. The Labute approximate surface area is 227 Å². The largest absolute Gasteiger partial charge is 2.00 e. The van der Waals surface area contributed by atoms with Crippen LogP contribution in [-0.4, -0.2) is 13.1 Å². The Balaban J connectivity index is 0. The fourth-order valence-electron chi connectivity index (χ4n) is 4.54. The molecule has 0 saturated carbocycles. The van der Waals surface area contributed by atoms with E-state index in [9.17, 15) is 0 Å². The number of hydrogen-bond donors (Lipinski definition) is 0. The van der Waals surface area contributed by atoms with Gasteiger partial charge in [0.15, 0.2) is 0 Å². The molecule has 0 spiro atoms. The molecule has 4 rings (SSSR count). The van der Waals surface area contributed by atoms with E-state index in [2.05, 4.69) is 82.3 Å². The molecule has 1 aliphatic heterocycles. The van der Waals surface area contributed by atoms with E-state index < -0.39 is 0 Å². The summed E-state index contributed by atoms with van der Waals surface area (Å²) in [5.41, 5.74) is 11.7. The molecule has 1 aliphatic carbocycles. The molecule has 0 N–H and O–H groups in total. The van der Waals surface area contributed by atoms with Gasteiger partial charge in [-0.25, -0.2) is 0 Å². The van der Waals surface area contributed by atoms with Crippen molar-refractivity contribution in [2.45, 2.75) is 41.5 Å². The van der Waals surface area contributed by atoms with Crippen molar-refractivity contribution in [2.24, 2.45) is 0 Å². The van der Waals surface area contributed by atoms with Crippen LogP contribution in [0.4, 0.5) is 11.4 Å². The fraction of sp³-hybridized carbons (Fsp3) is 0.286. The fourth-order valence-corrected chi connectivity index (χ4v) is 4.54. The zero-order valence-corrected chi connectivity index (χ0v) is 23.5. The Hall–Kier alpha value is -1.76. The molecule has 2 aromatic rings. The van der Waals surface area contributed by atoms with E-state index in [0.717, 1.165) is 18.7 Å². The van der Waals surface area contributed by atoms with Crippen molar-refractivity contribution in [1.82, 2.24) is 0 Å². The summed E-state index contributed by atoms with van der Waals surface area (Å²) in [7, 11) is 0. The van der Waals surface area contributed by atoms with Gasteiger partial charge in [0.25, 0.3) is 0 Å². The summed E-state index contributed by atoms with van der Waals surface area (Å²) in [6.07, 6.45) is 9.49. The van der Waals surface area contributed by atoms with Crippen molar-refractivity contribution in [1.29, 1.82) is 0 Å². The number of aryl methyl sites for hydroxylation is 6. The van der Waals surface area contributed by atoms with E-state index in [1.807, 2.05) is 30.7 Å². The molecule has 0 bridgehead atoms. The van der Waals surface area contributed by atoms with Gasteiger partial charge in [0.1, 0.15) is 6.67 Å². The third-order valence-electron chi connectivity index (χ3n) is 5.51. The van der Waals surface area contributed by atoms with E-state index in [1.165, 1.54) is 44.8 Å². The van der Waals surface area contributed by atoms with Gasteiger partial charge in [-0.05, 0) is 69.4 Å². The van der Waals surface area contributed by atoms with Crippen LogP contribution in [0.5, 0.6) is 0 Å².